The Morgan fingerprint density at radius 3 is 2.17 bits per heavy atom. The first-order chi connectivity index (χ1) is 17.6. The average molecular weight is 534 g/mol. The highest BCUT2D eigenvalue weighted by Gasteiger charge is 2.11. The molecule has 0 spiro atoms. The lowest BCUT2D eigenvalue weighted by molar-refractivity contribution is -0.0656. The Bertz CT molecular complexity index is 736. The highest BCUT2D eigenvalue weighted by molar-refractivity contribution is 7.33. The summed E-state index contributed by atoms with van der Waals surface area (Å²) in [6.07, 6.45) is 17.2. The minimum absolute atomic E-state index is 0.0598. The number of aromatic nitrogens is 2. The number of nitrogens with zero attached hydrogens (tertiary/aromatic N) is 2. The van der Waals surface area contributed by atoms with E-state index >= 15 is 0 Å². The number of nitrogens with two attached hydrogens (primary N) is 1. The van der Waals surface area contributed by atoms with E-state index in [1.54, 1.807) is 0 Å². The molecule has 210 valence electrons. The van der Waals surface area contributed by atoms with E-state index in [1.165, 1.54) is 87.5 Å². The Balaban J connectivity index is 1.89. The van der Waals surface area contributed by atoms with Gasteiger partial charge in [-0.05, 0) is 18.9 Å². The Kier molecular flexibility index (Phi) is 20.8. The molecule has 0 amide bonds. The largest absolute Gasteiger partial charge is 0.394 e. The number of ether oxygens (including phenoxy) is 2. The second-order valence-corrected chi connectivity index (χ2v) is 10.1. The van der Waals surface area contributed by atoms with Crippen LogP contribution in [0.2, 0.25) is 0 Å². The minimum Gasteiger partial charge on any atom is -0.394 e. The van der Waals surface area contributed by atoms with Gasteiger partial charge in [0.15, 0.2) is 6.79 Å². The lowest BCUT2D eigenvalue weighted by atomic mass is 10.1. The predicted octanol–water partition coefficient (Wildman–Crippen LogP) is 4.69. The van der Waals surface area contributed by atoms with E-state index in [-0.39, 0.29) is 32.4 Å². The molecule has 0 fully saturated rings. The molecule has 0 aliphatic rings. The fourth-order valence-corrected chi connectivity index (χ4v) is 4.21. The van der Waals surface area contributed by atoms with Crippen LogP contribution >= 0.6 is 8.25 Å². The Hall–Kier alpha value is -1.29. The van der Waals surface area contributed by atoms with Crippen LogP contribution in [0.25, 0.3) is 0 Å². The van der Waals surface area contributed by atoms with Crippen molar-refractivity contribution < 1.29 is 28.2 Å². The Labute approximate surface area is 216 Å². The molecular weight excluding hydrogens is 485 g/mol. The van der Waals surface area contributed by atoms with Crippen molar-refractivity contribution >= 4 is 14.1 Å². The van der Waals surface area contributed by atoms with Gasteiger partial charge in [-0.1, -0.05) is 77.6 Å². The molecule has 0 saturated carbocycles. The van der Waals surface area contributed by atoms with Crippen LogP contribution in [-0.4, -0.2) is 54.0 Å². The van der Waals surface area contributed by atoms with E-state index < -0.39 is 20.0 Å². The van der Waals surface area contributed by atoms with Crippen LogP contribution in [0.15, 0.2) is 17.1 Å². The number of hydrogen-bond donors (Lipinski definition) is 2. The van der Waals surface area contributed by atoms with Crippen molar-refractivity contribution in [1.29, 1.82) is 0 Å². The number of rotatable bonds is 25. The quantitative estimate of drug-likeness (QED) is 0.104. The van der Waals surface area contributed by atoms with Crippen LogP contribution in [0.4, 0.5) is 5.82 Å². The zero-order chi connectivity index (χ0) is 26.3. The number of hydrogen-bond acceptors (Lipinski definition) is 9. The second-order valence-electron chi connectivity index (χ2n) is 8.97. The van der Waals surface area contributed by atoms with Crippen molar-refractivity contribution in [1.82, 2.24) is 9.55 Å². The molecule has 0 aromatic carbocycles. The lowest BCUT2D eigenvalue weighted by Gasteiger charge is -2.16. The standard InChI is InChI=1S/C25H48N3O7P/c1-2-3-4-5-6-7-8-9-10-11-12-13-17-32-18-14-19-34-36(31)35-22-33-23(21-29)20-28-16-15-24(26)27-25(28)30/h15-16,23,29,36H,2-14,17-22H2,1H3,(H2,26,27,30)/t23-/m0/s1. The van der Waals surface area contributed by atoms with Crippen LogP contribution in [0.3, 0.4) is 0 Å². The van der Waals surface area contributed by atoms with Crippen molar-refractivity contribution in [2.75, 3.05) is 39.0 Å². The zero-order valence-corrected chi connectivity index (χ0v) is 23.0. The minimum atomic E-state index is -2.71. The SMILES string of the molecule is CCCCCCCCCCCCCCOCCCO[PH](=O)OCO[C@H](CO)Cn1ccc(N)nc1=O. The van der Waals surface area contributed by atoms with Crippen molar-refractivity contribution in [3.63, 3.8) is 0 Å². The number of aliphatic hydroxyl groups excluding tert-OH is 1. The van der Waals surface area contributed by atoms with Crippen LogP contribution in [-0.2, 0) is 29.6 Å². The molecule has 0 saturated heterocycles. The molecule has 1 aromatic rings. The summed E-state index contributed by atoms with van der Waals surface area (Å²) in [5.74, 6) is 0.117. The lowest BCUT2D eigenvalue weighted by Crippen LogP contribution is -2.32. The molecule has 1 rings (SSSR count). The molecular formula is C25H48N3O7P. The fraction of sp³-hybridized carbons (Fsp3) is 0.840. The van der Waals surface area contributed by atoms with Gasteiger partial charge >= 0.3 is 13.9 Å². The predicted molar refractivity (Wildman–Crippen MR) is 142 cm³/mol. The van der Waals surface area contributed by atoms with Crippen LogP contribution in [0.5, 0.6) is 0 Å². The molecule has 10 nitrogen and oxygen atoms in total. The van der Waals surface area contributed by atoms with E-state index in [9.17, 15) is 14.5 Å². The number of anilines is 1. The topological polar surface area (TPSA) is 135 Å². The van der Waals surface area contributed by atoms with Gasteiger partial charge in [0.1, 0.15) is 11.9 Å². The summed E-state index contributed by atoms with van der Waals surface area (Å²) < 4.78 is 34.1. The maximum absolute atomic E-state index is 11.8. The van der Waals surface area contributed by atoms with Gasteiger partial charge in [-0.15, -0.1) is 0 Å². The average Bonchev–Trinajstić information content (AvgIpc) is 2.86. The van der Waals surface area contributed by atoms with Gasteiger partial charge in [0.25, 0.3) is 0 Å². The van der Waals surface area contributed by atoms with Crippen molar-refractivity contribution in [3.05, 3.63) is 22.7 Å². The first kappa shape index (κ1) is 32.7. The molecule has 0 aliphatic heterocycles. The number of unbranched alkanes of at least 4 members (excludes halogenated alkanes) is 11. The molecule has 1 unspecified atom stereocenters. The van der Waals surface area contributed by atoms with Gasteiger partial charge in [0.05, 0.1) is 19.8 Å². The third kappa shape index (κ3) is 18.0. The Morgan fingerprint density at radius 1 is 0.944 bits per heavy atom. The van der Waals surface area contributed by atoms with Gasteiger partial charge in [-0.3, -0.25) is 13.7 Å². The van der Waals surface area contributed by atoms with E-state index in [0.717, 1.165) is 13.0 Å². The summed E-state index contributed by atoms with van der Waals surface area (Å²) in [6.45, 7) is 3.21. The molecule has 0 radical (unpaired) electrons. The molecule has 1 aromatic heterocycles. The van der Waals surface area contributed by atoms with E-state index in [0.29, 0.717) is 13.0 Å². The second kappa shape index (κ2) is 22.9. The maximum atomic E-state index is 11.8. The van der Waals surface area contributed by atoms with Gasteiger partial charge < -0.3 is 24.8 Å². The van der Waals surface area contributed by atoms with E-state index in [1.807, 2.05) is 0 Å². The Morgan fingerprint density at radius 2 is 1.56 bits per heavy atom. The highest BCUT2D eigenvalue weighted by Crippen LogP contribution is 2.23. The third-order valence-corrected chi connectivity index (χ3v) is 6.57. The molecule has 36 heavy (non-hydrogen) atoms. The van der Waals surface area contributed by atoms with Crippen molar-refractivity contribution in [2.45, 2.75) is 103 Å². The molecule has 11 heteroatoms. The van der Waals surface area contributed by atoms with Gasteiger partial charge in [0.2, 0.25) is 0 Å². The summed E-state index contributed by atoms with van der Waals surface area (Å²) >= 11 is 0. The van der Waals surface area contributed by atoms with Crippen LogP contribution < -0.4 is 11.4 Å². The first-order valence-electron chi connectivity index (χ1n) is 13.5. The van der Waals surface area contributed by atoms with Crippen molar-refractivity contribution in [2.24, 2.45) is 0 Å². The number of aliphatic hydroxyl groups is 1. The van der Waals surface area contributed by atoms with Crippen LogP contribution in [0, 0.1) is 0 Å². The van der Waals surface area contributed by atoms with Crippen molar-refractivity contribution in [3.8, 4) is 0 Å². The van der Waals surface area contributed by atoms with E-state index in [2.05, 4.69) is 11.9 Å². The smallest absolute Gasteiger partial charge is 0.349 e. The highest BCUT2D eigenvalue weighted by atomic mass is 31.1. The molecule has 1 heterocycles. The molecule has 3 N–H and O–H groups in total. The number of nitrogen functional groups attached to an aromatic ring is 1. The fourth-order valence-electron chi connectivity index (χ4n) is 3.65. The van der Waals surface area contributed by atoms with Crippen LogP contribution in [0.1, 0.15) is 90.4 Å². The van der Waals surface area contributed by atoms with Gasteiger partial charge in [0, 0.05) is 19.4 Å². The van der Waals surface area contributed by atoms with Gasteiger partial charge in [-0.2, -0.15) is 4.98 Å². The first-order valence-corrected chi connectivity index (χ1v) is 14.7. The molecule has 0 aliphatic carbocycles. The molecule has 2 atom stereocenters. The summed E-state index contributed by atoms with van der Waals surface area (Å²) in [6, 6.07) is 1.47. The summed E-state index contributed by atoms with van der Waals surface area (Å²) in [4.78, 5) is 15.3. The normalized spacial score (nSPS) is 13.2. The summed E-state index contributed by atoms with van der Waals surface area (Å²) in [5.41, 5.74) is 4.90. The molecule has 0 bridgehead atoms. The summed E-state index contributed by atoms with van der Waals surface area (Å²) in [5, 5.41) is 9.41. The third-order valence-electron chi connectivity index (χ3n) is 5.78. The monoisotopic (exact) mass is 533 g/mol. The van der Waals surface area contributed by atoms with Gasteiger partial charge in [-0.25, -0.2) is 4.79 Å². The maximum Gasteiger partial charge on any atom is 0.349 e. The summed E-state index contributed by atoms with van der Waals surface area (Å²) in [7, 11) is -2.71. The van der Waals surface area contributed by atoms with E-state index in [4.69, 9.17) is 24.3 Å². The zero-order valence-electron chi connectivity index (χ0n) is 22.0.